The quantitative estimate of drug-likeness (QED) is 0.470. The van der Waals surface area contributed by atoms with Gasteiger partial charge in [0.1, 0.15) is 12.4 Å². The molecule has 1 amide bonds. The van der Waals surface area contributed by atoms with Crippen molar-refractivity contribution in [3.05, 3.63) is 29.8 Å². The SMILES string of the molecule is CCCC(=O)Oc1ccc(C(=O)OCCNC(C)=O)cc1. The molecule has 0 aliphatic heterocycles. The molecule has 0 spiro atoms. The molecule has 1 N–H and O–H groups in total. The normalized spacial score (nSPS) is 9.81. The molecule has 114 valence electrons. The molecule has 0 aliphatic carbocycles. The van der Waals surface area contributed by atoms with Gasteiger partial charge in [-0.3, -0.25) is 9.59 Å². The van der Waals surface area contributed by atoms with Gasteiger partial charge in [0.25, 0.3) is 0 Å². The van der Waals surface area contributed by atoms with E-state index in [9.17, 15) is 14.4 Å². The van der Waals surface area contributed by atoms with Crippen LogP contribution in [0.4, 0.5) is 0 Å². The fourth-order valence-corrected chi connectivity index (χ4v) is 1.50. The van der Waals surface area contributed by atoms with Crippen LogP contribution in [0.2, 0.25) is 0 Å². The highest BCUT2D eigenvalue weighted by atomic mass is 16.5. The van der Waals surface area contributed by atoms with E-state index in [2.05, 4.69) is 5.32 Å². The molecule has 0 aromatic heterocycles. The van der Waals surface area contributed by atoms with Gasteiger partial charge in [0, 0.05) is 13.3 Å². The Morgan fingerprint density at radius 1 is 1.14 bits per heavy atom. The average Bonchev–Trinajstić information content (AvgIpc) is 2.44. The Morgan fingerprint density at radius 3 is 2.38 bits per heavy atom. The van der Waals surface area contributed by atoms with Gasteiger partial charge in [0.05, 0.1) is 12.1 Å². The molecule has 6 heteroatoms. The smallest absolute Gasteiger partial charge is 0.338 e. The van der Waals surface area contributed by atoms with Crippen molar-refractivity contribution < 1.29 is 23.9 Å². The van der Waals surface area contributed by atoms with Gasteiger partial charge in [-0.1, -0.05) is 6.92 Å². The lowest BCUT2D eigenvalue weighted by Crippen LogP contribution is -2.25. The summed E-state index contributed by atoms with van der Waals surface area (Å²) < 4.78 is 10.1. The second-order valence-corrected chi connectivity index (χ2v) is 4.37. The number of carbonyl (C=O) groups excluding carboxylic acids is 3. The second-order valence-electron chi connectivity index (χ2n) is 4.37. The van der Waals surface area contributed by atoms with Gasteiger partial charge in [-0.05, 0) is 30.7 Å². The predicted molar refractivity (Wildman–Crippen MR) is 76.0 cm³/mol. The maximum atomic E-state index is 11.7. The van der Waals surface area contributed by atoms with Gasteiger partial charge >= 0.3 is 11.9 Å². The predicted octanol–water partition coefficient (Wildman–Crippen LogP) is 1.69. The lowest BCUT2D eigenvalue weighted by atomic mass is 10.2. The Morgan fingerprint density at radius 2 is 1.81 bits per heavy atom. The molecule has 0 radical (unpaired) electrons. The van der Waals surface area contributed by atoms with E-state index in [4.69, 9.17) is 9.47 Å². The average molecular weight is 293 g/mol. The van der Waals surface area contributed by atoms with Crippen molar-refractivity contribution in [2.75, 3.05) is 13.2 Å². The van der Waals surface area contributed by atoms with Crippen LogP contribution in [0.25, 0.3) is 0 Å². The Bertz CT molecular complexity index is 495. The number of hydrogen-bond acceptors (Lipinski definition) is 5. The largest absolute Gasteiger partial charge is 0.460 e. The van der Waals surface area contributed by atoms with E-state index < -0.39 is 5.97 Å². The highest BCUT2D eigenvalue weighted by Crippen LogP contribution is 2.14. The Kier molecular flexibility index (Phi) is 6.94. The molecule has 0 fully saturated rings. The summed E-state index contributed by atoms with van der Waals surface area (Å²) in [5, 5.41) is 2.52. The van der Waals surface area contributed by atoms with E-state index in [1.807, 2.05) is 6.92 Å². The summed E-state index contributed by atoms with van der Waals surface area (Å²) in [6, 6.07) is 6.13. The third kappa shape index (κ3) is 6.56. The molecule has 1 rings (SSSR count). The number of esters is 2. The molecule has 0 atom stereocenters. The maximum absolute atomic E-state index is 11.7. The summed E-state index contributed by atoms with van der Waals surface area (Å²) in [7, 11) is 0. The lowest BCUT2D eigenvalue weighted by Gasteiger charge is -2.06. The van der Waals surface area contributed by atoms with E-state index in [1.165, 1.54) is 31.2 Å². The Hall–Kier alpha value is -2.37. The maximum Gasteiger partial charge on any atom is 0.338 e. The number of nitrogens with one attached hydrogen (secondary N) is 1. The van der Waals surface area contributed by atoms with E-state index >= 15 is 0 Å². The number of hydrogen-bond donors (Lipinski definition) is 1. The monoisotopic (exact) mass is 293 g/mol. The summed E-state index contributed by atoms with van der Waals surface area (Å²) in [6.45, 7) is 3.65. The minimum atomic E-state index is -0.494. The Balaban J connectivity index is 2.44. The molecule has 6 nitrogen and oxygen atoms in total. The molecular formula is C15H19NO5. The summed E-state index contributed by atoms with van der Waals surface area (Å²) in [5.74, 6) is -0.581. The fraction of sp³-hybridized carbons (Fsp3) is 0.400. The zero-order valence-corrected chi connectivity index (χ0v) is 12.2. The Labute approximate surface area is 123 Å². The first-order valence-corrected chi connectivity index (χ1v) is 6.75. The standard InChI is InChI=1S/C15H19NO5/c1-3-4-14(18)21-13-7-5-12(6-8-13)15(19)20-10-9-16-11(2)17/h5-8H,3-4,9-10H2,1-2H3,(H,16,17). The van der Waals surface area contributed by atoms with Crippen LogP contribution >= 0.6 is 0 Å². The van der Waals surface area contributed by atoms with Crippen molar-refractivity contribution in [1.82, 2.24) is 5.32 Å². The lowest BCUT2D eigenvalue weighted by molar-refractivity contribution is -0.134. The van der Waals surface area contributed by atoms with Gasteiger partial charge in [-0.25, -0.2) is 4.79 Å². The van der Waals surface area contributed by atoms with Crippen molar-refractivity contribution in [1.29, 1.82) is 0 Å². The number of carbonyl (C=O) groups is 3. The molecule has 0 heterocycles. The van der Waals surface area contributed by atoms with Crippen molar-refractivity contribution in [3.63, 3.8) is 0 Å². The zero-order chi connectivity index (χ0) is 15.7. The van der Waals surface area contributed by atoms with Crippen molar-refractivity contribution in [2.45, 2.75) is 26.7 Å². The molecule has 0 saturated carbocycles. The van der Waals surface area contributed by atoms with Gasteiger partial charge in [-0.15, -0.1) is 0 Å². The minimum Gasteiger partial charge on any atom is -0.460 e. The van der Waals surface area contributed by atoms with Crippen molar-refractivity contribution >= 4 is 17.8 Å². The molecular weight excluding hydrogens is 274 g/mol. The van der Waals surface area contributed by atoms with Crippen molar-refractivity contribution in [2.24, 2.45) is 0 Å². The molecule has 1 aromatic carbocycles. The van der Waals surface area contributed by atoms with Gasteiger partial charge in [-0.2, -0.15) is 0 Å². The van der Waals surface area contributed by atoms with E-state index in [0.717, 1.165) is 6.42 Å². The molecule has 0 bridgehead atoms. The van der Waals surface area contributed by atoms with Crippen LogP contribution in [0.5, 0.6) is 5.75 Å². The number of amides is 1. The van der Waals surface area contributed by atoms with Crippen LogP contribution < -0.4 is 10.1 Å². The van der Waals surface area contributed by atoms with Crippen LogP contribution in [0.3, 0.4) is 0 Å². The van der Waals surface area contributed by atoms with Crippen molar-refractivity contribution in [3.8, 4) is 5.75 Å². The second kappa shape index (κ2) is 8.73. The summed E-state index contributed by atoms with van der Waals surface area (Å²) in [4.78, 5) is 33.6. The first kappa shape index (κ1) is 16.7. The summed E-state index contributed by atoms with van der Waals surface area (Å²) in [5.41, 5.74) is 0.355. The molecule has 0 aliphatic rings. The van der Waals surface area contributed by atoms with Crippen LogP contribution in [-0.2, 0) is 14.3 Å². The van der Waals surface area contributed by atoms with Gasteiger partial charge in [0.2, 0.25) is 5.91 Å². The number of ether oxygens (including phenoxy) is 2. The first-order chi connectivity index (χ1) is 10.0. The third-order valence-electron chi connectivity index (χ3n) is 2.48. The minimum absolute atomic E-state index is 0.103. The molecule has 21 heavy (non-hydrogen) atoms. The zero-order valence-electron chi connectivity index (χ0n) is 12.2. The van der Waals surface area contributed by atoms with Crippen LogP contribution in [-0.4, -0.2) is 31.0 Å². The fourth-order valence-electron chi connectivity index (χ4n) is 1.50. The third-order valence-corrected chi connectivity index (χ3v) is 2.48. The van der Waals surface area contributed by atoms with E-state index in [1.54, 1.807) is 0 Å². The summed E-state index contributed by atoms with van der Waals surface area (Å²) >= 11 is 0. The highest BCUT2D eigenvalue weighted by Gasteiger charge is 2.08. The van der Waals surface area contributed by atoms with E-state index in [-0.39, 0.29) is 25.0 Å². The highest BCUT2D eigenvalue weighted by molar-refractivity contribution is 5.89. The van der Waals surface area contributed by atoms with Gasteiger partial charge in [0.15, 0.2) is 0 Å². The number of benzene rings is 1. The summed E-state index contributed by atoms with van der Waals surface area (Å²) in [6.07, 6.45) is 1.07. The van der Waals surface area contributed by atoms with Crippen LogP contribution in [0.1, 0.15) is 37.0 Å². The molecule has 1 aromatic rings. The van der Waals surface area contributed by atoms with Gasteiger partial charge < -0.3 is 14.8 Å². The molecule has 0 unspecified atom stereocenters. The van der Waals surface area contributed by atoms with Crippen LogP contribution in [0, 0.1) is 0 Å². The topological polar surface area (TPSA) is 81.7 Å². The molecule has 0 saturated heterocycles. The van der Waals surface area contributed by atoms with Crippen LogP contribution in [0.15, 0.2) is 24.3 Å². The van der Waals surface area contributed by atoms with E-state index in [0.29, 0.717) is 17.7 Å². The number of rotatable bonds is 7. The first-order valence-electron chi connectivity index (χ1n) is 6.75.